The first kappa shape index (κ1) is 8.08. The van der Waals surface area contributed by atoms with Crippen LogP contribution >= 0.6 is 11.6 Å². The van der Waals surface area contributed by atoms with Gasteiger partial charge in [-0.25, -0.2) is 0 Å². The third-order valence-electron chi connectivity index (χ3n) is 1.33. The predicted octanol–water partition coefficient (Wildman–Crippen LogP) is 1.69. The standard InChI is InChI=1S/C8H8ClNO/c9-5-8(11)6-2-1-3-7(10)4-6/h1-4H,5,10H2. The molecule has 1 rings (SSSR count). The maximum Gasteiger partial charge on any atom is 0.177 e. The maximum atomic E-state index is 11.0. The molecule has 0 heterocycles. The summed E-state index contributed by atoms with van der Waals surface area (Å²) in [5.74, 6) is -0.0948. The van der Waals surface area contributed by atoms with Crippen LogP contribution in [-0.2, 0) is 0 Å². The number of carbonyl (C=O) groups is 1. The molecule has 0 radical (unpaired) electrons. The van der Waals surface area contributed by atoms with E-state index in [0.717, 1.165) is 0 Å². The number of Topliss-reactive ketones (excluding diaryl/α,β-unsaturated/α-hetero) is 1. The van der Waals surface area contributed by atoms with Crippen LogP contribution < -0.4 is 5.73 Å². The van der Waals surface area contributed by atoms with Crippen molar-refractivity contribution in [1.82, 2.24) is 0 Å². The Balaban J connectivity index is 2.96. The van der Waals surface area contributed by atoms with Gasteiger partial charge in [0.1, 0.15) is 0 Å². The predicted molar refractivity (Wildman–Crippen MR) is 45.9 cm³/mol. The minimum atomic E-state index is -0.0982. The second-order valence-electron chi connectivity index (χ2n) is 2.18. The van der Waals surface area contributed by atoms with Gasteiger partial charge in [0.05, 0.1) is 5.88 Å². The second kappa shape index (κ2) is 3.39. The van der Waals surface area contributed by atoms with Crippen molar-refractivity contribution in [2.24, 2.45) is 0 Å². The summed E-state index contributed by atoms with van der Waals surface area (Å²) in [4.78, 5) is 11.0. The first-order chi connectivity index (χ1) is 5.24. The third kappa shape index (κ3) is 1.95. The quantitative estimate of drug-likeness (QED) is 0.416. The fourth-order valence-electron chi connectivity index (χ4n) is 0.789. The fourth-order valence-corrected chi connectivity index (χ4v) is 0.944. The summed E-state index contributed by atoms with van der Waals surface area (Å²) in [6.07, 6.45) is 0. The molecule has 58 valence electrons. The molecule has 0 unspecified atom stereocenters. The summed E-state index contributed by atoms with van der Waals surface area (Å²) in [5.41, 5.74) is 6.61. The number of nitrogens with two attached hydrogens (primary N) is 1. The number of rotatable bonds is 2. The number of hydrogen-bond acceptors (Lipinski definition) is 2. The van der Waals surface area contributed by atoms with Gasteiger partial charge in [0, 0.05) is 11.3 Å². The molecule has 0 aromatic heterocycles. The number of anilines is 1. The Morgan fingerprint density at radius 3 is 2.82 bits per heavy atom. The number of ketones is 1. The van der Waals surface area contributed by atoms with Gasteiger partial charge in [-0.1, -0.05) is 12.1 Å². The van der Waals surface area contributed by atoms with Crippen molar-refractivity contribution >= 4 is 23.1 Å². The van der Waals surface area contributed by atoms with Gasteiger partial charge >= 0.3 is 0 Å². The lowest BCUT2D eigenvalue weighted by atomic mass is 10.1. The van der Waals surface area contributed by atoms with Crippen LogP contribution in [0.25, 0.3) is 0 Å². The molecule has 0 spiro atoms. The van der Waals surface area contributed by atoms with Crippen LogP contribution in [0.3, 0.4) is 0 Å². The highest BCUT2D eigenvalue weighted by Gasteiger charge is 2.02. The zero-order valence-electron chi connectivity index (χ0n) is 5.88. The topological polar surface area (TPSA) is 43.1 Å². The monoisotopic (exact) mass is 169 g/mol. The first-order valence-electron chi connectivity index (χ1n) is 3.18. The van der Waals surface area contributed by atoms with E-state index in [4.69, 9.17) is 17.3 Å². The van der Waals surface area contributed by atoms with E-state index in [1.165, 1.54) is 0 Å². The van der Waals surface area contributed by atoms with Crippen molar-refractivity contribution in [2.75, 3.05) is 11.6 Å². The van der Waals surface area contributed by atoms with Gasteiger partial charge < -0.3 is 5.73 Å². The van der Waals surface area contributed by atoms with Crippen LogP contribution in [-0.4, -0.2) is 11.7 Å². The van der Waals surface area contributed by atoms with Crippen LogP contribution in [0.2, 0.25) is 0 Å². The molecule has 11 heavy (non-hydrogen) atoms. The minimum Gasteiger partial charge on any atom is -0.399 e. The van der Waals surface area contributed by atoms with Gasteiger partial charge in [-0.05, 0) is 12.1 Å². The number of halogens is 1. The van der Waals surface area contributed by atoms with Crippen molar-refractivity contribution < 1.29 is 4.79 Å². The number of benzene rings is 1. The molecule has 0 aliphatic rings. The first-order valence-corrected chi connectivity index (χ1v) is 3.72. The van der Waals surface area contributed by atoms with Crippen LogP contribution in [0.4, 0.5) is 5.69 Å². The lowest BCUT2D eigenvalue weighted by Crippen LogP contribution is -2.00. The van der Waals surface area contributed by atoms with Gasteiger partial charge in [-0.3, -0.25) is 4.79 Å². The normalized spacial score (nSPS) is 9.55. The molecule has 0 saturated carbocycles. The molecule has 0 bridgehead atoms. The Morgan fingerprint density at radius 2 is 2.27 bits per heavy atom. The zero-order valence-corrected chi connectivity index (χ0v) is 6.64. The van der Waals surface area contributed by atoms with E-state index in [1.807, 2.05) is 0 Å². The molecule has 2 nitrogen and oxygen atoms in total. The molecule has 2 N–H and O–H groups in total. The van der Waals surface area contributed by atoms with Crippen LogP contribution in [0, 0.1) is 0 Å². The van der Waals surface area contributed by atoms with Crippen molar-refractivity contribution in [3.8, 4) is 0 Å². The molecule has 0 saturated heterocycles. The molecule has 0 fully saturated rings. The lowest BCUT2D eigenvalue weighted by Gasteiger charge is -1.96. The molecule has 0 amide bonds. The third-order valence-corrected chi connectivity index (χ3v) is 1.57. The van der Waals surface area contributed by atoms with Crippen molar-refractivity contribution in [3.05, 3.63) is 29.8 Å². The Labute approximate surface area is 70.0 Å². The van der Waals surface area contributed by atoms with Crippen molar-refractivity contribution in [1.29, 1.82) is 0 Å². The van der Waals surface area contributed by atoms with E-state index in [9.17, 15) is 4.79 Å². The highest BCUT2D eigenvalue weighted by Crippen LogP contribution is 2.07. The minimum absolute atomic E-state index is 0.00343. The molecule has 1 aromatic rings. The summed E-state index contributed by atoms with van der Waals surface area (Å²) in [7, 11) is 0. The van der Waals surface area contributed by atoms with E-state index in [1.54, 1.807) is 24.3 Å². The largest absolute Gasteiger partial charge is 0.399 e. The maximum absolute atomic E-state index is 11.0. The second-order valence-corrected chi connectivity index (χ2v) is 2.45. The smallest absolute Gasteiger partial charge is 0.177 e. The summed E-state index contributed by atoms with van der Waals surface area (Å²) in [6.45, 7) is 0. The van der Waals surface area contributed by atoms with E-state index in [0.29, 0.717) is 11.3 Å². The molecule has 1 aromatic carbocycles. The average Bonchev–Trinajstić information content (AvgIpc) is 2.03. The average molecular weight is 170 g/mol. The van der Waals surface area contributed by atoms with Gasteiger partial charge in [0.15, 0.2) is 5.78 Å². The fraction of sp³-hybridized carbons (Fsp3) is 0.125. The molecule has 3 heteroatoms. The van der Waals surface area contributed by atoms with Crippen molar-refractivity contribution in [2.45, 2.75) is 0 Å². The summed E-state index contributed by atoms with van der Waals surface area (Å²) < 4.78 is 0. The van der Waals surface area contributed by atoms with E-state index in [-0.39, 0.29) is 11.7 Å². The van der Waals surface area contributed by atoms with Crippen LogP contribution in [0.15, 0.2) is 24.3 Å². The Morgan fingerprint density at radius 1 is 1.55 bits per heavy atom. The molecule has 0 aliphatic heterocycles. The molecular formula is C8H8ClNO. The lowest BCUT2D eigenvalue weighted by molar-refractivity contribution is 0.102. The number of carbonyl (C=O) groups excluding carboxylic acids is 1. The SMILES string of the molecule is Nc1cccc(C(=O)CCl)c1. The van der Waals surface area contributed by atoms with Crippen molar-refractivity contribution in [3.63, 3.8) is 0 Å². The Hall–Kier alpha value is -1.02. The molecular weight excluding hydrogens is 162 g/mol. The summed E-state index contributed by atoms with van der Waals surface area (Å²) >= 11 is 5.35. The Kier molecular flexibility index (Phi) is 2.49. The number of alkyl halides is 1. The summed E-state index contributed by atoms with van der Waals surface area (Å²) in [5, 5.41) is 0. The van der Waals surface area contributed by atoms with Gasteiger partial charge in [0.25, 0.3) is 0 Å². The zero-order chi connectivity index (χ0) is 8.27. The highest BCUT2D eigenvalue weighted by atomic mass is 35.5. The molecule has 0 atom stereocenters. The number of nitrogen functional groups attached to an aromatic ring is 1. The van der Waals surface area contributed by atoms with E-state index in [2.05, 4.69) is 0 Å². The molecule has 0 aliphatic carbocycles. The number of hydrogen-bond donors (Lipinski definition) is 1. The van der Waals surface area contributed by atoms with Gasteiger partial charge in [-0.2, -0.15) is 0 Å². The summed E-state index contributed by atoms with van der Waals surface area (Å²) in [6, 6.07) is 6.77. The highest BCUT2D eigenvalue weighted by molar-refractivity contribution is 6.30. The van der Waals surface area contributed by atoms with Crippen LogP contribution in [0.5, 0.6) is 0 Å². The van der Waals surface area contributed by atoms with E-state index >= 15 is 0 Å². The van der Waals surface area contributed by atoms with Gasteiger partial charge in [0.2, 0.25) is 0 Å². The Bertz CT molecular complexity index is 273. The van der Waals surface area contributed by atoms with E-state index < -0.39 is 0 Å². The van der Waals surface area contributed by atoms with Crippen LogP contribution in [0.1, 0.15) is 10.4 Å². The van der Waals surface area contributed by atoms with Gasteiger partial charge in [-0.15, -0.1) is 11.6 Å².